The van der Waals surface area contributed by atoms with Gasteiger partial charge >= 0.3 is 0 Å². The van der Waals surface area contributed by atoms with Crippen molar-refractivity contribution in [1.82, 2.24) is 0 Å². The summed E-state index contributed by atoms with van der Waals surface area (Å²) in [5, 5.41) is 8.58. The normalized spacial score (nSPS) is 10.6. The molecule has 0 aliphatic heterocycles. The van der Waals surface area contributed by atoms with Crippen LogP contribution in [0.15, 0.2) is 58.9 Å². The van der Waals surface area contributed by atoms with Crippen molar-refractivity contribution in [3.63, 3.8) is 0 Å². The summed E-state index contributed by atoms with van der Waals surface area (Å²) in [5.74, 6) is 0.801. The third-order valence-corrected chi connectivity index (χ3v) is 2.51. The van der Waals surface area contributed by atoms with Crippen molar-refractivity contribution in [2.24, 2.45) is 10.3 Å². The largest absolute Gasteiger partial charge is 0.497 e. The van der Waals surface area contributed by atoms with E-state index in [4.69, 9.17) is 16.3 Å². The predicted octanol–water partition coefficient (Wildman–Crippen LogP) is 4.46. The highest BCUT2D eigenvalue weighted by Crippen LogP contribution is 2.18. The minimum absolute atomic E-state index is 0.678. The second-order valence-electron chi connectivity index (χ2n) is 3.52. The van der Waals surface area contributed by atoms with Gasteiger partial charge in [0.1, 0.15) is 5.75 Å². The van der Waals surface area contributed by atoms with Crippen LogP contribution in [0, 0.1) is 0 Å². The van der Waals surface area contributed by atoms with Gasteiger partial charge in [-0.1, -0.05) is 16.8 Å². The molecule has 18 heavy (non-hydrogen) atoms. The predicted molar refractivity (Wildman–Crippen MR) is 72.6 cm³/mol. The number of benzene rings is 2. The molecule has 5 heteroatoms. The third-order valence-electron chi connectivity index (χ3n) is 2.26. The minimum atomic E-state index is 0.678. The maximum absolute atomic E-state index is 5.77. The van der Waals surface area contributed by atoms with Gasteiger partial charge in [-0.05, 0) is 48.5 Å². The van der Waals surface area contributed by atoms with Crippen molar-refractivity contribution >= 4 is 23.0 Å². The highest BCUT2D eigenvalue weighted by molar-refractivity contribution is 6.30. The van der Waals surface area contributed by atoms with Gasteiger partial charge in [0.15, 0.2) is 0 Å². The van der Waals surface area contributed by atoms with Crippen LogP contribution in [0.4, 0.5) is 11.4 Å². The molecule has 1 N–H and O–H groups in total. The Kier molecular flexibility index (Phi) is 4.15. The number of ether oxygens (including phenoxy) is 1. The van der Waals surface area contributed by atoms with Crippen molar-refractivity contribution in [1.29, 1.82) is 0 Å². The van der Waals surface area contributed by atoms with E-state index in [0.29, 0.717) is 5.02 Å². The Bertz CT molecular complexity index is 523. The minimum Gasteiger partial charge on any atom is -0.497 e. The van der Waals surface area contributed by atoms with Crippen LogP contribution in [-0.4, -0.2) is 7.11 Å². The maximum atomic E-state index is 5.77. The monoisotopic (exact) mass is 261 g/mol. The molecule has 0 aliphatic carbocycles. The number of halogens is 1. The molecule has 0 amide bonds. The Morgan fingerprint density at radius 2 is 1.67 bits per heavy atom. The molecule has 2 aromatic rings. The van der Waals surface area contributed by atoms with Gasteiger partial charge in [-0.3, -0.25) is 5.43 Å². The Morgan fingerprint density at radius 3 is 2.28 bits per heavy atom. The first-order chi connectivity index (χ1) is 8.78. The zero-order chi connectivity index (χ0) is 12.8. The standard InChI is InChI=1S/C13H12ClN3O/c1-18-13-8-6-12(7-9-13)16-17-15-11-4-2-10(14)3-5-11/h2-9H,1H3,(H,15,16). The molecular weight excluding hydrogens is 250 g/mol. The number of anilines is 1. The quantitative estimate of drug-likeness (QED) is 0.652. The van der Waals surface area contributed by atoms with Crippen LogP contribution in [0.3, 0.4) is 0 Å². The molecule has 0 saturated heterocycles. The van der Waals surface area contributed by atoms with Crippen LogP contribution in [0.5, 0.6) is 5.75 Å². The summed E-state index contributed by atoms with van der Waals surface area (Å²) in [4.78, 5) is 0. The third kappa shape index (κ3) is 3.46. The van der Waals surface area contributed by atoms with Crippen LogP contribution in [0.1, 0.15) is 0 Å². The lowest BCUT2D eigenvalue weighted by Crippen LogP contribution is -1.87. The summed E-state index contributed by atoms with van der Waals surface area (Å²) in [7, 11) is 1.63. The Hall–Kier alpha value is -2.07. The van der Waals surface area contributed by atoms with E-state index in [9.17, 15) is 0 Å². The average molecular weight is 262 g/mol. The summed E-state index contributed by atoms with van der Waals surface area (Å²) in [6.07, 6.45) is 0. The Labute approximate surface area is 110 Å². The fourth-order valence-electron chi connectivity index (χ4n) is 1.31. The summed E-state index contributed by atoms with van der Waals surface area (Å²) >= 11 is 5.77. The van der Waals surface area contributed by atoms with E-state index in [-0.39, 0.29) is 0 Å². The molecule has 2 aromatic carbocycles. The zero-order valence-corrected chi connectivity index (χ0v) is 10.6. The fraction of sp³-hybridized carbons (Fsp3) is 0.0769. The van der Waals surface area contributed by atoms with Crippen molar-refractivity contribution in [2.75, 3.05) is 12.5 Å². The molecule has 0 spiro atoms. The molecule has 2 rings (SSSR count). The molecule has 0 unspecified atom stereocenters. The Balaban J connectivity index is 1.95. The lowest BCUT2D eigenvalue weighted by atomic mass is 10.3. The van der Waals surface area contributed by atoms with Crippen molar-refractivity contribution in [3.05, 3.63) is 53.6 Å². The van der Waals surface area contributed by atoms with Gasteiger partial charge in [0.25, 0.3) is 0 Å². The number of methoxy groups -OCH3 is 1. The lowest BCUT2D eigenvalue weighted by molar-refractivity contribution is 0.415. The average Bonchev–Trinajstić information content (AvgIpc) is 2.42. The zero-order valence-electron chi connectivity index (χ0n) is 9.80. The van der Waals surface area contributed by atoms with Crippen molar-refractivity contribution in [2.45, 2.75) is 0 Å². The van der Waals surface area contributed by atoms with E-state index < -0.39 is 0 Å². The maximum Gasteiger partial charge on any atom is 0.119 e. The van der Waals surface area contributed by atoms with Crippen molar-refractivity contribution in [3.8, 4) is 5.75 Å². The van der Waals surface area contributed by atoms with Crippen molar-refractivity contribution < 1.29 is 4.74 Å². The summed E-state index contributed by atoms with van der Waals surface area (Å²) < 4.78 is 5.06. The smallest absolute Gasteiger partial charge is 0.119 e. The molecule has 0 fully saturated rings. The van der Waals surface area contributed by atoms with Crippen LogP contribution in [0.2, 0.25) is 5.02 Å². The second-order valence-corrected chi connectivity index (χ2v) is 3.95. The molecular formula is C13H12ClN3O. The van der Waals surface area contributed by atoms with Gasteiger partial charge in [0.2, 0.25) is 0 Å². The number of hydrogen-bond acceptors (Lipinski definition) is 3. The topological polar surface area (TPSA) is 46.0 Å². The van der Waals surface area contributed by atoms with E-state index in [1.165, 1.54) is 0 Å². The molecule has 0 atom stereocenters. The molecule has 0 radical (unpaired) electrons. The van der Waals surface area contributed by atoms with Crippen LogP contribution in [-0.2, 0) is 0 Å². The number of hydrogen-bond donors (Lipinski definition) is 1. The van der Waals surface area contributed by atoms with E-state index in [2.05, 4.69) is 15.8 Å². The molecule has 92 valence electrons. The molecule has 0 aliphatic rings. The summed E-state index contributed by atoms with van der Waals surface area (Å²) in [5.41, 5.74) is 4.41. The van der Waals surface area contributed by atoms with Crippen LogP contribution in [0.25, 0.3) is 0 Å². The van der Waals surface area contributed by atoms with Gasteiger partial charge < -0.3 is 4.74 Å². The number of nitrogens with one attached hydrogen (secondary N) is 1. The van der Waals surface area contributed by atoms with Gasteiger partial charge in [0, 0.05) is 5.02 Å². The second kappa shape index (κ2) is 6.02. The molecule has 0 bridgehead atoms. The van der Waals surface area contributed by atoms with E-state index in [1.807, 2.05) is 24.3 Å². The fourth-order valence-corrected chi connectivity index (χ4v) is 1.44. The summed E-state index contributed by atoms with van der Waals surface area (Å²) in [6.45, 7) is 0. The first-order valence-corrected chi connectivity index (χ1v) is 5.72. The van der Waals surface area contributed by atoms with E-state index >= 15 is 0 Å². The molecule has 4 nitrogen and oxygen atoms in total. The van der Waals surface area contributed by atoms with Crippen LogP contribution < -0.4 is 10.2 Å². The van der Waals surface area contributed by atoms with Gasteiger partial charge in [0.05, 0.1) is 18.5 Å². The van der Waals surface area contributed by atoms with Gasteiger partial charge in [-0.15, -0.1) is 5.11 Å². The molecule has 0 heterocycles. The van der Waals surface area contributed by atoms with E-state index in [1.54, 1.807) is 31.4 Å². The highest BCUT2D eigenvalue weighted by Gasteiger charge is 1.92. The first kappa shape index (κ1) is 12.4. The lowest BCUT2D eigenvalue weighted by Gasteiger charge is -2.01. The molecule has 0 saturated carbocycles. The van der Waals surface area contributed by atoms with Gasteiger partial charge in [-0.2, -0.15) is 0 Å². The van der Waals surface area contributed by atoms with Gasteiger partial charge in [-0.25, -0.2) is 0 Å². The first-order valence-electron chi connectivity index (χ1n) is 5.34. The molecule has 0 aromatic heterocycles. The highest BCUT2D eigenvalue weighted by atomic mass is 35.5. The Morgan fingerprint density at radius 1 is 1.00 bits per heavy atom. The number of rotatable bonds is 4. The summed E-state index contributed by atoms with van der Waals surface area (Å²) in [6, 6.07) is 14.5. The van der Waals surface area contributed by atoms with E-state index in [0.717, 1.165) is 17.1 Å². The van der Waals surface area contributed by atoms with Crippen LogP contribution >= 0.6 is 11.6 Å². The number of nitrogens with zero attached hydrogens (tertiary/aromatic N) is 2. The SMILES string of the molecule is COc1ccc(NN=Nc2ccc(Cl)cc2)cc1.